The van der Waals surface area contributed by atoms with E-state index in [0.717, 1.165) is 25.7 Å². The topological polar surface area (TPSA) is 44.8 Å². The first kappa shape index (κ1) is 12.6. The summed E-state index contributed by atoms with van der Waals surface area (Å²) in [6.45, 7) is 2.73. The summed E-state index contributed by atoms with van der Waals surface area (Å²) in [5.41, 5.74) is 0. The van der Waals surface area contributed by atoms with E-state index in [4.69, 9.17) is 14.2 Å². The van der Waals surface area contributed by atoms with E-state index in [1.54, 1.807) is 13.0 Å². The zero-order chi connectivity index (χ0) is 12.1. The van der Waals surface area contributed by atoms with Crippen LogP contribution in [0.15, 0.2) is 12.2 Å². The standard InChI is InChI=1S/C13H20O4/c1-2-15-12(14)7-6-11-10-16-13(17-11)8-4-3-5-9-13/h6-7,11H,2-5,8-10H2,1H3. The lowest BCUT2D eigenvalue weighted by atomic mass is 9.94. The van der Waals surface area contributed by atoms with Crippen LogP contribution in [0, 0.1) is 0 Å². The molecule has 1 heterocycles. The van der Waals surface area contributed by atoms with Gasteiger partial charge in [-0.2, -0.15) is 0 Å². The van der Waals surface area contributed by atoms with Crippen LogP contribution >= 0.6 is 0 Å². The average Bonchev–Trinajstić information content (AvgIpc) is 2.71. The van der Waals surface area contributed by atoms with Gasteiger partial charge in [-0.3, -0.25) is 0 Å². The summed E-state index contributed by atoms with van der Waals surface area (Å²) in [4.78, 5) is 11.2. The molecule has 1 atom stereocenters. The highest BCUT2D eigenvalue weighted by atomic mass is 16.7. The third-order valence-corrected chi connectivity index (χ3v) is 3.23. The minimum Gasteiger partial charge on any atom is -0.463 e. The fourth-order valence-electron chi connectivity index (χ4n) is 2.40. The highest BCUT2D eigenvalue weighted by Gasteiger charge is 2.41. The second kappa shape index (κ2) is 5.65. The molecule has 1 saturated carbocycles. The van der Waals surface area contributed by atoms with Gasteiger partial charge in [0.05, 0.1) is 13.2 Å². The first-order chi connectivity index (χ1) is 8.24. The number of carbonyl (C=O) groups excluding carboxylic acids is 1. The van der Waals surface area contributed by atoms with Crippen LogP contribution in [-0.2, 0) is 19.0 Å². The lowest BCUT2D eigenvalue weighted by Gasteiger charge is -2.31. The summed E-state index contributed by atoms with van der Waals surface area (Å²) in [5, 5.41) is 0. The highest BCUT2D eigenvalue weighted by Crippen LogP contribution is 2.37. The molecule has 4 nitrogen and oxygen atoms in total. The van der Waals surface area contributed by atoms with E-state index < -0.39 is 0 Å². The van der Waals surface area contributed by atoms with E-state index in [-0.39, 0.29) is 17.9 Å². The number of hydrogen-bond donors (Lipinski definition) is 0. The molecule has 2 aliphatic rings. The van der Waals surface area contributed by atoms with Crippen LogP contribution in [-0.4, -0.2) is 31.1 Å². The molecule has 0 amide bonds. The Bertz CT molecular complexity index is 292. The summed E-state index contributed by atoms with van der Waals surface area (Å²) in [6, 6.07) is 0. The summed E-state index contributed by atoms with van der Waals surface area (Å²) >= 11 is 0. The van der Waals surface area contributed by atoms with Crippen molar-refractivity contribution < 1.29 is 19.0 Å². The molecular formula is C13H20O4. The predicted octanol–water partition coefficient (Wildman–Crippen LogP) is 2.18. The Hall–Kier alpha value is -0.870. The first-order valence-electron chi connectivity index (χ1n) is 6.41. The van der Waals surface area contributed by atoms with Crippen molar-refractivity contribution in [2.45, 2.75) is 50.9 Å². The maximum atomic E-state index is 11.2. The number of hydrogen-bond acceptors (Lipinski definition) is 4. The second-order valence-electron chi connectivity index (χ2n) is 4.55. The lowest BCUT2D eigenvalue weighted by Crippen LogP contribution is -2.33. The SMILES string of the molecule is CCOC(=O)C=CC1COC2(CCCCC2)O1. The van der Waals surface area contributed by atoms with Gasteiger partial charge in [-0.15, -0.1) is 0 Å². The molecule has 2 rings (SSSR count). The van der Waals surface area contributed by atoms with E-state index in [9.17, 15) is 4.79 Å². The van der Waals surface area contributed by atoms with Gasteiger partial charge >= 0.3 is 5.97 Å². The van der Waals surface area contributed by atoms with Crippen molar-refractivity contribution in [3.05, 3.63) is 12.2 Å². The molecule has 17 heavy (non-hydrogen) atoms. The van der Waals surface area contributed by atoms with Crippen molar-refractivity contribution >= 4 is 5.97 Å². The molecule has 0 radical (unpaired) electrons. The van der Waals surface area contributed by atoms with Gasteiger partial charge in [0.15, 0.2) is 5.79 Å². The Morgan fingerprint density at radius 3 is 2.88 bits per heavy atom. The zero-order valence-electron chi connectivity index (χ0n) is 10.3. The molecule has 0 aromatic rings. The average molecular weight is 240 g/mol. The van der Waals surface area contributed by atoms with Gasteiger partial charge in [0.1, 0.15) is 6.10 Å². The Morgan fingerprint density at radius 1 is 1.41 bits per heavy atom. The fourth-order valence-corrected chi connectivity index (χ4v) is 2.40. The molecular weight excluding hydrogens is 220 g/mol. The van der Waals surface area contributed by atoms with Crippen molar-refractivity contribution in [1.82, 2.24) is 0 Å². The fraction of sp³-hybridized carbons (Fsp3) is 0.769. The summed E-state index contributed by atoms with van der Waals surface area (Å²) < 4.78 is 16.5. The van der Waals surface area contributed by atoms with Crippen LogP contribution in [0.5, 0.6) is 0 Å². The van der Waals surface area contributed by atoms with Gasteiger partial charge in [-0.05, 0) is 25.8 Å². The van der Waals surface area contributed by atoms with E-state index in [1.165, 1.54) is 12.5 Å². The Kier molecular flexibility index (Phi) is 4.18. The number of esters is 1. The van der Waals surface area contributed by atoms with Gasteiger partial charge in [0.25, 0.3) is 0 Å². The lowest BCUT2D eigenvalue weighted by molar-refractivity contribution is -0.183. The number of carbonyl (C=O) groups is 1. The molecule has 0 N–H and O–H groups in total. The molecule has 1 aliphatic heterocycles. The Morgan fingerprint density at radius 2 is 2.18 bits per heavy atom. The number of ether oxygens (including phenoxy) is 3. The molecule has 0 bridgehead atoms. The molecule has 4 heteroatoms. The van der Waals surface area contributed by atoms with Gasteiger partial charge < -0.3 is 14.2 Å². The second-order valence-corrected chi connectivity index (χ2v) is 4.55. The van der Waals surface area contributed by atoms with E-state index in [2.05, 4.69) is 0 Å². The summed E-state index contributed by atoms with van der Waals surface area (Å²) in [6.07, 6.45) is 8.58. The predicted molar refractivity (Wildman–Crippen MR) is 62.4 cm³/mol. The number of rotatable bonds is 3. The van der Waals surface area contributed by atoms with Crippen LogP contribution < -0.4 is 0 Å². The largest absolute Gasteiger partial charge is 0.463 e. The van der Waals surface area contributed by atoms with Crippen molar-refractivity contribution in [2.75, 3.05) is 13.2 Å². The van der Waals surface area contributed by atoms with Crippen LogP contribution in [0.2, 0.25) is 0 Å². The van der Waals surface area contributed by atoms with Crippen molar-refractivity contribution in [3.63, 3.8) is 0 Å². The maximum absolute atomic E-state index is 11.2. The van der Waals surface area contributed by atoms with E-state index in [0.29, 0.717) is 13.2 Å². The molecule has 0 aromatic carbocycles. The molecule has 1 unspecified atom stereocenters. The van der Waals surface area contributed by atoms with Crippen molar-refractivity contribution in [2.24, 2.45) is 0 Å². The molecule has 0 aromatic heterocycles. The van der Waals surface area contributed by atoms with Crippen molar-refractivity contribution in [3.8, 4) is 0 Å². The van der Waals surface area contributed by atoms with Gasteiger partial charge in [-0.25, -0.2) is 4.79 Å². The van der Waals surface area contributed by atoms with Crippen molar-refractivity contribution in [1.29, 1.82) is 0 Å². The van der Waals surface area contributed by atoms with Crippen LogP contribution in [0.25, 0.3) is 0 Å². The third-order valence-electron chi connectivity index (χ3n) is 3.23. The molecule has 1 spiro atoms. The maximum Gasteiger partial charge on any atom is 0.330 e. The third kappa shape index (κ3) is 3.30. The Labute approximate surface area is 102 Å². The van der Waals surface area contributed by atoms with E-state index >= 15 is 0 Å². The van der Waals surface area contributed by atoms with Gasteiger partial charge in [0, 0.05) is 18.9 Å². The smallest absolute Gasteiger partial charge is 0.330 e. The monoisotopic (exact) mass is 240 g/mol. The summed E-state index contributed by atoms with van der Waals surface area (Å²) in [5.74, 6) is -0.692. The van der Waals surface area contributed by atoms with Crippen LogP contribution in [0.4, 0.5) is 0 Å². The molecule has 2 fully saturated rings. The highest BCUT2D eigenvalue weighted by molar-refractivity contribution is 5.81. The zero-order valence-corrected chi connectivity index (χ0v) is 10.3. The Balaban J connectivity index is 1.83. The minimum atomic E-state index is -0.373. The first-order valence-corrected chi connectivity index (χ1v) is 6.41. The van der Waals surface area contributed by atoms with Gasteiger partial charge in [-0.1, -0.05) is 6.42 Å². The molecule has 1 aliphatic carbocycles. The summed E-state index contributed by atoms with van der Waals surface area (Å²) in [7, 11) is 0. The molecule has 1 saturated heterocycles. The normalized spacial score (nSPS) is 27.7. The minimum absolute atomic E-state index is 0.113. The quantitative estimate of drug-likeness (QED) is 0.560. The van der Waals surface area contributed by atoms with E-state index in [1.807, 2.05) is 0 Å². The van der Waals surface area contributed by atoms with Gasteiger partial charge in [0.2, 0.25) is 0 Å². The van der Waals surface area contributed by atoms with Crippen LogP contribution in [0.1, 0.15) is 39.0 Å². The molecule has 96 valence electrons. The van der Waals surface area contributed by atoms with Crippen LogP contribution in [0.3, 0.4) is 0 Å².